The molecule has 0 bridgehead atoms. The van der Waals surface area contributed by atoms with Crippen molar-refractivity contribution >= 4 is 28.6 Å². The molecule has 0 radical (unpaired) electrons. The maximum Gasteiger partial charge on any atom is 0.319 e. The normalized spacial score (nSPS) is 10.6. The number of nitrogens with one attached hydrogen (secondary N) is 2. The Morgan fingerprint density at radius 1 is 0.931 bits per heavy atom. The molecule has 4 aromatic rings. The van der Waals surface area contributed by atoms with Crippen LogP contribution in [0.25, 0.3) is 22.2 Å². The van der Waals surface area contributed by atoms with E-state index in [-0.39, 0.29) is 12.6 Å². The number of benzene rings is 3. The molecule has 3 amide bonds. The second-order valence-electron chi connectivity index (χ2n) is 6.40. The van der Waals surface area contributed by atoms with Gasteiger partial charge in [0.25, 0.3) is 0 Å². The lowest BCUT2D eigenvalue weighted by Crippen LogP contribution is -2.28. The summed E-state index contributed by atoms with van der Waals surface area (Å²) in [4.78, 5) is 24.1. The topological polar surface area (TPSA) is 110 Å². The molecule has 0 fully saturated rings. The van der Waals surface area contributed by atoms with E-state index in [0.29, 0.717) is 27.9 Å². The summed E-state index contributed by atoms with van der Waals surface area (Å²) in [7, 11) is 0. The second kappa shape index (κ2) is 7.85. The van der Waals surface area contributed by atoms with Crippen LogP contribution in [0, 0.1) is 0 Å². The molecule has 4 rings (SSSR count). The van der Waals surface area contributed by atoms with Gasteiger partial charge in [-0.3, -0.25) is 4.79 Å². The van der Waals surface area contributed by atoms with Crippen molar-refractivity contribution in [2.45, 2.75) is 6.54 Å². The van der Waals surface area contributed by atoms with Crippen LogP contribution in [0.15, 0.2) is 77.3 Å². The van der Waals surface area contributed by atoms with Crippen molar-refractivity contribution in [2.75, 3.05) is 5.32 Å². The molecule has 1 heterocycles. The predicted octanol–water partition coefficient (Wildman–Crippen LogP) is 3.92. The third kappa shape index (κ3) is 3.79. The maximum atomic E-state index is 12.2. The van der Waals surface area contributed by atoms with Gasteiger partial charge in [0.2, 0.25) is 5.91 Å². The number of amides is 3. The summed E-state index contributed by atoms with van der Waals surface area (Å²) in [6.45, 7) is 0.266. The van der Waals surface area contributed by atoms with E-state index in [1.165, 1.54) is 0 Å². The highest BCUT2D eigenvalue weighted by molar-refractivity contribution is 6.09. The molecule has 3 aromatic carbocycles. The summed E-state index contributed by atoms with van der Waals surface area (Å²) in [5.74, 6) is -0.558. The van der Waals surface area contributed by atoms with Gasteiger partial charge in [-0.25, -0.2) is 4.79 Å². The van der Waals surface area contributed by atoms with Crippen molar-refractivity contribution in [1.82, 2.24) is 10.5 Å². The van der Waals surface area contributed by atoms with Crippen molar-refractivity contribution in [3.63, 3.8) is 0 Å². The average molecular weight is 386 g/mol. The van der Waals surface area contributed by atoms with Crippen LogP contribution in [0.4, 0.5) is 10.5 Å². The predicted molar refractivity (Wildman–Crippen MR) is 110 cm³/mol. The molecule has 4 N–H and O–H groups in total. The lowest BCUT2D eigenvalue weighted by molar-refractivity contribution is 0.100. The highest BCUT2D eigenvalue weighted by Crippen LogP contribution is 2.32. The number of carbonyl (C=O) groups excluding carboxylic acids is 2. The summed E-state index contributed by atoms with van der Waals surface area (Å²) in [5, 5.41) is 10.3. The van der Waals surface area contributed by atoms with Gasteiger partial charge in [0.05, 0.1) is 10.9 Å². The van der Waals surface area contributed by atoms with Crippen molar-refractivity contribution in [2.24, 2.45) is 5.73 Å². The quantitative estimate of drug-likeness (QED) is 0.483. The van der Waals surface area contributed by atoms with Gasteiger partial charge in [0.15, 0.2) is 5.58 Å². The van der Waals surface area contributed by atoms with Gasteiger partial charge in [0, 0.05) is 17.8 Å². The molecule has 7 nitrogen and oxygen atoms in total. The van der Waals surface area contributed by atoms with Crippen molar-refractivity contribution in [3.8, 4) is 11.3 Å². The van der Waals surface area contributed by atoms with E-state index in [1.807, 2.05) is 42.5 Å². The molecule has 0 aliphatic rings. The Labute approximate surface area is 166 Å². The van der Waals surface area contributed by atoms with Crippen LogP contribution in [0.1, 0.15) is 15.9 Å². The number of primary amides is 1. The van der Waals surface area contributed by atoms with Gasteiger partial charge in [-0.2, -0.15) is 0 Å². The zero-order valence-corrected chi connectivity index (χ0v) is 15.4. The fourth-order valence-corrected chi connectivity index (χ4v) is 3.16. The average Bonchev–Trinajstić information content (AvgIpc) is 3.17. The number of nitrogens with two attached hydrogens (primary N) is 1. The van der Waals surface area contributed by atoms with E-state index < -0.39 is 5.91 Å². The van der Waals surface area contributed by atoms with Gasteiger partial charge >= 0.3 is 6.03 Å². The van der Waals surface area contributed by atoms with Gasteiger partial charge < -0.3 is 20.9 Å². The largest absolute Gasteiger partial charge is 0.366 e. The first-order valence-corrected chi connectivity index (χ1v) is 9.00. The summed E-state index contributed by atoms with van der Waals surface area (Å²) in [5.41, 5.74) is 9.12. The van der Waals surface area contributed by atoms with Crippen LogP contribution in [0.5, 0.6) is 0 Å². The number of hydrogen-bond donors (Lipinski definition) is 3. The third-order valence-electron chi connectivity index (χ3n) is 4.51. The number of anilines is 1. The molecule has 0 unspecified atom stereocenters. The zero-order valence-electron chi connectivity index (χ0n) is 15.4. The molecular formula is C22H18N4O3. The lowest BCUT2D eigenvalue weighted by Gasteiger charge is -2.11. The fraction of sp³-hybridized carbons (Fsp3) is 0.0455. The Hall–Kier alpha value is -4.13. The fourth-order valence-electron chi connectivity index (χ4n) is 3.16. The second-order valence-corrected chi connectivity index (χ2v) is 6.40. The minimum Gasteiger partial charge on any atom is -0.366 e. The number of urea groups is 1. The Morgan fingerprint density at radius 3 is 2.48 bits per heavy atom. The van der Waals surface area contributed by atoms with Gasteiger partial charge in [-0.1, -0.05) is 53.7 Å². The third-order valence-corrected chi connectivity index (χ3v) is 4.51. The molecule has 7 heteroatoms. The van der Waals surface area contributed by atoms with E-state index in [2.05, 4.69) is 15.8 Å². The summed E-state index contributed by atoms with van der Waals surface area (Å²) in [6.07, 6.45) is 0. The smallest absolute Gasteiger partial charge is 0.319 e. The van der Waals surface area contributed by atoms with Crippen molar-refractivity contribution < 1.29 is 14.1 Å². The highest BCUT2D eigenvalue weighted by Gasteiger charge is 2.19. The molecular weight excluding hydrogens is 368 g/mol. The summed E-state index contributed by atoms with van der Waals surface area (Å²) < 4.78 is 5.40. The molecule has 0 saturated carbocycles. The lowest BCUT2D eigenvalue weighted by atomic mass is 9.99. The summed E-state index contributed by atoms with van der Waals surface area (Å²) in [6, 6.07) is 21.4. The first kappa shape index (κ1) is 18.2. The van der Waals surface area contributed by atoms with Crippen molar-refractivity contribution in [1.29, 1.82) is 0 Å². The van der Waals surface area contributed by atoms with E-state index in [0.717, 1.165) is 11.1 Å². The zero-order chi connectivity index (χ0) is 20.2. The number of hydrogen-bond acceptors (Lipinski definition) is 4. The monoisotopic (exact) mass is 386 g/mol. The van der Waals surface area contributed by atoms with E-state index in [9.17, 15) is 9.59 Å². The molecule has 1 aromatic heterocycles. The molecule has 0 aliphatic carbocycles. The van der Waals surface area contributed by atoms with Crippen LogP contribution >= 0.6 is 0 Å². The van der Waals surface area contributed by atoms with Crippen molar-refractivity contribution in [3.05, 3.63) is 83.9 Å². The number of para-hydroxylation sites is 1. The van der Waals surface area contributed by atoms with Crippen LogP contribution < -0.4 is 16.4 Å². The minimum absolute atomic E-state index is 0.266. The van der Waals surface area contributed by atoms with Crippen LogP contribution in [-0.4, -0.2) is 17.1 Å². The SMILES string of the molecule is NC(=O)c1cccc2onc(-c3ccccc3CNC(=O)Nc3ccccc3)c12. The van der Waals surface area contributed by atoms with Gasteiger partial charge in [0.1, 0.15) is 5.69 Å². The molecule has 29 heavy (non-hydrogen) atoms. The van der Waals surface area contributed by atoms with Crippen LogP contribution in [-0.2, 0) is 6.54 Å². The summed E-state index contributed by atoms with van der Waals surface area (Å²) >= 11 is 0. The minimum atomic E-state index is -0.558. The first-order chi connectivity index (χ1) is 14.1. The van der Waals surface area contributed by atoms with E-state index in [4.69, 9.17) is 10.3 Å². The number of rotatable bonds is 5. The van der Waals surface area contributed by atoms with Crippen LogP contribution in [0.2, 0.25) is 0 Å². The number of carbonyl (C=O) groups is 2. The molecule has 0 aliphatic heterocycles. The molecule has 0 saturated heterocycles. The van der Waals surface area contributed by atoms with Crippen LogP contribution in [0.3, 0.4) is 0 Å². The Kier molecular flexibility index (Phi) is 4.94. The Bertz CT molecular complexity index is 1190. The number of fused-ring (bicyclic) bond motifs is 1. The standard InChI is InChI=1S/C22H18N4O3/c23-21(27)17-11-6-12-18-19(17)20(26-29-18)16-10-5-4-7-14(16)13-24-22(28)25-15-8-2-1-3-9-15/h1-12H,13H2,(H2,23,27)(H2,24,25,28). The first-order valence-electron chi connectivity index (χ1n) is 9.00. The van der Waals surface area contributed by atoms with Gasteiger partial charge in [-0.15, -0.1) is 0 Å². The Balaban J connectivity index is 1.62. The molecule has 0 atom stereocenters. The van der Waals surface area contributed by atoms with E-state index in [1.54, 1.807) is 30.3 Å². The number of nitrogens with zero attached hydrogens (tertiary/aromatic N) is 1. The Morgan fingerprint density at radius 2 is 1.69 bits per heavy atom. The molecule has 0 spiro atoms. The maximum absolute atomic E-state index is 12.2. The van der Waals surface area contributed by atoms with E-state index >= 15 is 0 Å². The van der Waals surface area contributed by atoms with Gasteiger partial charge in [-0.05, 0) is 29.8 Å². The molecule has 144 valence electrons. The highest BCUT2D eigenvalue weighted by atomic mass is 16.5. The number of aromatic nitrogens is 1.